The Morgan fingerprint density at radius 2 is 2.26 bits per heavy atom. The molecule has 0 fully saturated rings. The number of ketones is 1. The van der Waals surface area contributed by atoms with Crippen molar-refractivity contribution in [3.63, 3.8) is 0 Å². The number of ether oxygens (including phenoxy) is 1. The van der Waals surface area contributed by atoms with Gasteiger partial charge in [0.25, 0.3) is 0 Å². The summed E-state index contributed by atoms with van der Waals surface area (Å²) in [6, 6.07) is 5.61. The van der Waals surface area contributed by atoms with Gasteiger partial charge in [0.15, 0.2) is 5.78 Å². The number of anilines is 1. The van der Waals surface area contributed by atoms with Crippen LogP contribution in [0.2, 0.25) is 0 Å². The van der Waals surface area contributed by atoms with E-state index in [1.165, 1.54) is 0 Å². The smallest absolute Gasteiger partial charge is 0.165 e. The normalized spacial score (nSPS) is 10.3. The highest BCUT2D eigenvalue weighted by molar-refractivity contribution is 7.07. The van der Waals surface area contributed by atoms with Crippen LogP contribution >= 0.6 is 11.3 Å². The summed E-state index contributed by atoms with van der Waals surface area (Å²) >= 11 is 1.57. The van der Waals surface area contributed by atoms with Gasteiger partial charge < -0.3 is 9.64 Å². The Morgan fingerprint density at radius 3 is 2.84 bits per heavy atom. The van der Waals surface area contributed by atoms with Crippen LogP contribution in [0.5, 0.6) is 5.75 Å². The van der Waals surface area contributed by atoms with E-state index in [0.29, 0.717) is 17.9 Å². The zero-order valence-electron chi connectivity index (χ0n) is 11.2. The number of rotatable bonds is 5. The predicted octanol–water partition coefficient (Wildman–Crippen LogP) is 2.99. The highest BCUT2D eigenvalue weighted by Gasteiger charge is 2.16. The maximum absolute atomic E-state index is 11.8. The number of carbonyl (C=O) groups is 1. The summed E-state index contributed by atoms with van der Waals surface area (Å²) in [7, 11) is 3.52. The van der Waals surface area contributed by atoms with Gasteiger partial charge in [0.2, 0.25) is 0 Å². The molecule has 100 valence electrons. The van der Waals surface area contributed by atoms with Gasteiger partial charge in [0, 0.05) is 12.4 Å². The number of carbonyl (C=O) groups excluding carboxylic acids is 1. The lowest BCUT2D eigenvalue weighted by Gasteiger charge is -2.22. The van der Waals surface area contributed by atoms with Gasteiger partial charge in [0.05, 0.1) is 36.1 Å². The van der Waals surface area contributed by atoms with Crippen LogP contribution < -0.4 is 9.64 Å². The van der Waals surface area contributed by atoms with Crippen molar-refractivity contribution in [1.82, 2.24) is 4.98 Å². The van der Waals surface area contributed by atoms with E-state index >= 15 is 0 Å². The molecule has 0 aliphatic heterocycles. The lowest BCUT2D eigenvalue weighted by molar-refractivity contribution is 0.101. The Bertz CT molecular complexity index is 567. The van der Waals surface area contributed by atoms with Crippen molar-refractivity contribution < 1.29 is 9.53 Å². The van der Waals surface area contributed by atoms with Crippen LogP contribution in [0, 0.1) is 0 Å². The molecule has 0 spiro atoms. The highest BCUT2D eigenvalue weighted by atomic mass is 32.1. The minimum atomic E-state index is -0.00224. The van der Waals surface area contributed by atoms with Gasteiger partial charge in [-0.3, -0.25) is 4.79 Å². The average Bonchev–Trinajstić information content (AvgIpc) is 2.90. The van der Waals surface area contributed by atoms with Gasteiger partial charge in [-0.2, -0.15) is 0 Å². The number of hydrogen-bond donors (Lipinski definition) is 0. The summed E-state index contributed by atoms with van der Waals surface area (Å²) in [6.07, 6.45) is 0. The van der Waals surface area contributed by atoms with Crippen molar-refractivity contribution >= 4 is 22.8 Å². The summed E-state index contributed by atoms with van der Waals surface area (Å²) < 4.78 is 5.27. The monoisotopic (exact) mass is 276 g/mol. The van der Waals surface area contributed by atoms with Crippen LogP contribution in [-0.4, -0.2) is 24.9 Å². The van der Waals surface area contributed by atoms with Gasteiger partial charge in [-0.15, -0.1) is 11.3 Å². The van der Waals surface area contributed by atoms with E-state index in [1.807, 2.05) is 29.5 Å². The van der Waals surface area contributed by atoms with Gasteiger partial charge >= 0.3 is 0 Å². The van der Waals surface area contributed by atoms with E-state index in [-0.39, 0.29) is 5.78 Å². The number of nitrogens with zero attached hydrogens (tertiary/aromatic N) is 2. The van der Waals surface area contributed by atoms with Crippen molar-refractivity contribution in [3.8, 4) is 5.75 Å². The van der Waals surface area contributed by atoms with E-state index in [1.54, 1.807) is 36.9 Å². The molecular formula is C14H16N2O2S. The van der Waals surface area contributed by atoms with Crippen molar-refractivity contribution in [2.24, 2.45) is 0 Å². The van der Waals surface area contributed by atoms with Crippen molar-refractivity contribution in [2.75, 3.05) is 19.1 Å². The predicted molar refractivity (Wildman–Crippen MR) is 77.2 cm³/mol. The first-order valence-corrected chi connectivity index (χ1v) is 6.84. The molecule has 2 rings (SSSR count). The summed E-state index contributed by atoms with van der Waals surface area (Å²) in [5.41, 5.74) is 4.27. The van der Waals surface area contributed by atoms with Crippen LogP contribution in [0.3, 0.4) is 0 Å². The first-order chi connectivity index (χ1) is 9.13. The molecule has 0 bridgehead atoms. The van der Waals surface area contributed by atoms with Crippen LogP contribution in [0.15, 0.2) is 29.1 Å². The minimum absolute atomic E-state index is 0.00224. The van der Waals surface area contributed by atoms with E-state index in [2.05, 4.69) is 4.98 Å². The third-order valence-electron chi connectivity index (χ3n) is 2.87. The average molecular weight is 276 g/mol. The van der Waals surface area contributed by atoms with Crippen molar-refractivity contribution in [3.05, 3.63) is 40.3 Å². The van der Waals surface area contributed by atoms with E-state index in [0.717, 1.165) is 11.4 Å². The quantitative estimate of drug-likeness (QED) is 0.787. The molecule has 0 radical (unpaired) electrons. The Morgan fingerprint density at radius 1 is 1.47 bits per heavy atom. The molecular weight excluding hydrogens is 260 g/mol. The minimum Gasteiger partial charge on any atom is -0.496 e. The molecule has 0 amide bonds. The SMILES string of the molecule is COc1cccc(N(C)Cc2cscn2)c1C(C)=O. The molecule has 1 aromatic heterocycles. The molecule has 1 aromatic carbocycles. The maximum atomic E-state index is 11.8. The van der Waals surface area contributed by atoms with E-state index in [4.69, 9.17) is 4.74 Å². The van der Waals surface area contributed by atoms with Crippen LogP contribution in [0.4, 0.5) is 5.69 Å². The fourth-order valence-electron chi connectivity index (χ4n) is 2.01. The molecule has 0 atom stereocenters. The third-order valence-corrected chi connectivity index (χ3v) is 3.51. The summed E-state index contributed by atoms with van der Waals surface area (Å²) in [4.78, 5) is 18.1. The first-order valence-electron chi connectivity index (χ1n) is 5.89. The lowest BCUT2D eigenvalue weighted by Crippen LogP contribution is -2.19. The molecule has 0 unspecified atom stereocenters. The second kappa shape index (κ2) is 5.84. The molecule has 5 heteroatoms. The number of benzene rings is 1. The third kappa shape index (κ3) is 2.93. The van der Waals surface area contributed by atoms with Gasteiger partial charge in [-0.1, -0.05) is 6.07 Å². The number of hydrogen-bond acceptors (Lipinski definition) is 5. The number of thiazole rings is 1. The largest absolute Gasteiger partial charge is 0.496 e. The number of Topliss-reactive ketones (excluding diaryl/α,β-unsaturated/α-hetero) is 1. The van der Waals surface area contributed by atoms with Crippen molar-refractivity contribution in [2.45, 2.75) is 13.5 Å². The fourth-order valence-corrected chi connectivity index (χ4v) is 2.55. The second-order valence-corrected chi connectivity index (χ2v) is 4.97. The highest BCUT2D eigenvalue weighted by Crippen LogP contribution is 2.29. The summed E-state index contributed by atoms with van der Waals surface area (Å²) in [5, 5.41) is 2.00. The lowest BCUT2D eigenvalue weighted by atomic mass is 10.1. The standard InChI is InChI=1S/C14H16N2O2S/c1-10(17)14-12(5-4-6-13(14)18-3)16(2)7-11-8-19-9-15-11/h4-6,8-9H,7H2,1-3H3. The topological polar surface area (TPSA) is 42.4 Å². The Balaban J connectivity index is 2.35. The Kier molecular flexibility index (Phi) is 4.16. The second-order valence-electron chi connectivity index (χ2n) is 4.25. The fraction of sp³-hybridized carbons (Fsp3) is 0.286. The summed E-state index contributed by atoms with van der Waals surface area (Å²) in [5.74, 6) is 0.604. The van der Waals surface area contributed by atoms with Crippen molar-refractivity contribution in [1.29, 1.82) is 0 Å². The zero-order valence-corrected chi connectivity index (χ0v) is 12.0. The molecule has 4 nitrogen and oxygen atoms in total. The van der Waals surface area contributed by atoms with E-state index < -0.39 is 0 Å². The molecule has 0 aliphatic rings. The number of methoxy groups -OCH3 is 1. The molecule has 0 saturated heterocycles. The molecule has 19 heavy (non-hydrogen) atoms. The number of aromatic nitrogens is 1. The van der Waals surface area contributed by atoms with Gasteiger partial charge in [-0.25, -0.2) is 4.98 Å². The molecule has 0 saturated carbocycles. The van der Waals surface area contributed by atoms with Gasteiger partial charge in [0.1, 0.15) is 5.75 Å². The van der Waals surface area contributed by atoms with Crippen LogP contribution in [-0.2, 0) is 6.54 Å². The zero-order chi connectivity index (χ0) is 13.8. The Labute approximate surface area is 116 Å². The van der Waals surface area contributed by atoms with Crippen LogP contribution in [0.25, 0.3) is 0 Å². The Hall–Kier alpha value is -1.88. The summed E-state index contributed by atoms with van der Waals surface area (Å²) in [6.45, 7) is 2.22. The molecule has 1 heterocycles. The van der Waals surface area contributed by atoms with E-state index in [9.17, 15) is 4.79 Å². The molecule has 2 aromatic rings. The maximum Gasteiger partial charge on any atom is 0.165 e. The molecule has 0 aliphatic carbocycles. The van der Waals surface area contributed by atoms with Crippen LogP contribution in [0.1, 0.15) is 23.0 Å². The first kappa shape index (κ1) is 13.5. The van der Waals surface area contributed by atoms with Gasteiger partial charge in [-0.05, 0) is 19.1 Å². The molecule has 0 N–H and O–H groups in total.